The highest BCUT2D eigenvalue weighted by atomic mass is 15.2. The standard InChI is InChI=1S/C76H66N6.C4H8.C2H6/c1-7-25-62-52-68(46-48-73(62)79(50-8-2)67-45-36-58-28-21-22-29-61(58)51-67)81(63-30-17-13-18-31-63)65-41-37-59(38-42-65)75-76(78-72-35-24-23-34-71(72)77-75)60-39-43-66(44-40-60)82(64-32-19-14-20-33-64)69-47-49-74-70(53-69)56(5)54-80(74)57(6)27-16-12-10-11-15-26-55(4)9-3;1-3-4-2;1-2/h7-10,12-15,17-24,26-49,51-54H,1-4,11,16,25,50H2,5-6H3;3H,1,4H2,2H3;1-2H3/b12-10-,26-15-,57-27+;;. The monoisotopic (exact) mass is 1150 g/mol. The van der Waals surface area contributed by atoms with E-state index in [0.29, 0.717) is 13.0 Å². The molecule has 0 saturated heterocycles. The number of anilines is 8. The van der Waals surface area contributed by atoms with Crippen molar-refractivity contribution in [2.45, 2.75) is 60.3 Å². The number of hydrogen-bond donors (Lipinski definition) is 0. The number of para-hydroxylation sites is 4. The minimum absolute atomic E-state index is 0.653. The summed E-state index contributed by atoms with van der Waals surface area (Å²) in [5.74, 6) is 0. The van der Waals surface area contributed by atoms with Gasteiger partial charge in [0.15, 0.2) is 0 Å². The van der Waals surface area contributed by atoms with Crippen molar-refractivity contribution in [3.05, 3.63) is 323 Å². The van der Waals surface area contributed by atoms with Crippen LogP contribution in [0.3, 0.4) is 0 Å². The van der Waals surface area contributed by atoms with Gasteiger partial charge in [0.25, 0.3) is 0 Å². The number of allylic oxidation sites excluding steroid dienone is 10. The Hall–Kier alpha value is -10.6. The molecule has 438 valence electrons. The van der Waals surface area contributed by atoms with Gasteiger partial charge in [0, 0.05) is 80.5 Å². The minimum atomic E-state index is 0.653. The highest BCUT2D eigenvalue weighted by Crippen LogP contribution is 2.43. The largest absolute Gasteiger partial charge is 0.337 e. The first kappa shape index (κ1) is 62.0. The van der Waals surface area contributed by atoms with Crippen molar-refractivity contribution < 1.29 is 0 Å². The van der Waals surface area contributed by atoms with E-state index < -0.39 is 0 Å². The second-order valence-corrected chi connectivity index (χ2v) is 21.1. The van der Waals surface area contributed by atoms with Gasteiger partial charge in [0.2, 0.25) is 0 Å². The molecule has 11 rings (SSSR count). The molecule has 11 aromatic rings. The van der Waals surface area contributed by atoms with E-state index in [9.17, 15) is 0 Å². The predicted molar refractivity (Wildman–Crippen MR) is 384 cm³/mol. The summed E-state index contributed by atoms with van der Waals surface area (Å²) in [6, 6.07) is 75.4. The molecule has 0 fully saturated rings. The van der Waals surface area contributed by atoms with E-state index >= 15 is 0 Å². The molecule has 2 heterocycles. The molecule has 0 spiro atoms. The first-order valence-corrected chi connectivity index (χ1v) is 30.5. The van der Waals surface area contributed by atoms with E-state index in [1.54, 1.807) is 6.08 Å². The topological polar surface area (TPSA) is 40.4 Å². The molecule has 2 aromatic heterocycles. The molecular formula is C82H80N6. The summed E-state index contributed by atoms with van der Waals surface area (Å²) in [5.41, 5.74) is 19.4. The predicted octanol–water partition coefficient (Wildman–Crippen LogP) is 23.5. The number of fused-ring (bicyclic) bond motifs is 3. The van der Waals surface area contributed by atoms with Crippen molar-refractivity contribution in [1.82, 2.24) is 14.5 Å². The van der Waals surface area contributed by atoms with Gasteiger partial charge >= 0.3 is 0 Å². The number of nitrogens with zero attached hydrogens (tertiary/aromatic N) is 6. The third-order valence-electron chi connectivity index (χ3n) is 15.2. The summed E-state index contributed by atoms with van der Waals surface area (Å²) < 4.78 is 2.30. The van der Waals surface area contributed by atoms with Gasteiger partial charge in [0.1, 0.15) is 0 Å². The second kappa shape index (κ2) is 30.5. The smallest absolute Gasteiger partial charge is 0.0973 e. The van der Waals surface area contributed by atoms with Crippen LogP contribution in [0.15, 0.2) is 312 Å². The van der Waals surface area contributed by atoms with Crippen LogP contribution in [0, 0.1) is 6.92 Å². The Morgan fingerprint density at radius 1 is 0.511 bits per heavy atom. The van der Waals surface area contributed by atoms with Gasteiger partial charge in [-0.25, -0.2) is 9.97 Å². The fourth-order valence-corrected chi connectivity index (χ4v) is 10.8. The van der Waals surface area contributed by atoms with E-state index in [2.05, 4.69) is 291 Å². The quantitative estimate of drug-likeness (QED) is 0.0500. The van der Waals surface area contributed by atoms with E-state index in [0.717, 1.165) is 109 Å². The van der Waals surface area contributed by atoms with Crippen LogP contribution in [0.25, 0.3) is 60.9 Å². The maximum Gasteiger partial charge on any atom is 0.0973 e. The SMILES string of the molecule is C=CCC.C=CCc1cc(N(c2ccccc2)c2ccc(-c3nc4ccccc4nc3-c3ccc(N(c4ccccc4)c4ccc5c(c4)c(C)cn5/C(C)=C/C/C=C\C/C=C\C(=C)C=C)cc3)cc2)ccc1N(CC=C)c1ccc2ccccc2c1.CC. The lowest BCUT2D eigenvalue weighted by Crippen LogP contribution is -2.19. The third-order valence-corrected chi connectivity index (χ3v) is 15.2. The Balaban J connectivity index is 0.00000148. The van der Waals surface area contributed by atoms with Crippen molar-refractivity contribution in [3.63, 3.8) is 0 Å². The van der Waals surface area contributed by atoms with E-state index in [1.807, 2.05) is 62.4 Å². The number of aryl methyl sites for hydroxylation is 1. The summed E-state index contributed by atoms with van der Waals surface area (Å²) in [6.07, 6.45) is 24.1. The zero-order valence-corrected chi connectivity index (χ0v) is 51.7. The van der Waals surface area contributed by atoms with Crippen molar-refractivity contribution >= 4 is 83.9 Å². The molecule has 0 unspecified atom stereocenters. The normalized spacial score (nSPS) is 11.2. The zero-order valence-electron chi connectivity index (χ0n) is 51.7. The average molecular weight is 1150 g/mol. The summed E-state index contributed by atoms with van der Waals surface area (Å²) in [7, 11) is 0. The van der Waals surface area contributed by atoms with Crippen LogP contribution < -0.4 is 14.7 Å². The van der Waals surface area contributed by atoms with Gasteiger partial charge in [-0.15, -0.1) is 19.7 Å². The van der Waals surface area contributed by atoms with Gasteiger partial charge < -0.3 is 19.3 Å². The molecule has 0 atom stereocenters. The molecule has 9 aromatic carbocycles. The van der Waals surface area contributed by atoms with Crippen LogP contribution in [-0.2, 0) is 6.42 Å². The Labute approximate surface area is 522 Å². The molecule has 6 heteroatoms. The highest BCUT2D eigenvalue weighted by molar-refractivity contribution is 5.94. The van der Waals surface area contributed by atoms with Crippen molar-refractivity contribution in [3.8, 4) is 22.5 Å². The summed E-state index contributed by atoms with van der Waals surface area (Å²) in [4.78, 5) is 17.7. The van der Waals surface area contributed by atoms with Gasteiger partial charge in [-0.2, -0.15) is 0 Å². The number of rotatable bonds is 22. The van der Waals surface area contributed by atoms with Crippen LogP contribution in [0.4, 0.5) is 45.5 Å². The first-order valence-electron chi connectivity index (χ1n) is 30.5. The van der Waals surface area contributed by atoms with Crippen molar-refractivity contribution in [2.75, 3.05) is 21.2 Å². The zero-order chi connectivity index (χ0) is 61.8. The molecule has 0 aliphatic heterocycles. The van der Waals surface area contributed by atoms with Crippen LogP contribution in [0.2, 0.25) is 0 Å². The molecule has 6 nitrogen and oxygen atoms in total. The molecule has 0 saturated carbocycles. The maximum atomic E-state index is 5.35. The number of hydrogen-bond acceptors (Lipinski definition) is 5. The molecular weight excluding hydrogens is 1070 g/mol. The van der Waals surface area contributed by atoms with Gasteiger partial charge in [0.05, 0.1) is 27.9 Å². The van der Waals surface area contributed by atoms with Gasteiger partial charge in [-0.05, 0) is 176 Å². The fraction of sp³-hybridized carbons (Fsp3) is 0.122. The van der Waals surface area contributed by atoms with Crippen LogP contribution >= 0.6 is 0 Å². The van der Waals surface area contributed by atoms with E-state index in [1.165, 1.54) is 32.9 Å². The summed E-state index contributed by atoms with van der Waals surface area (Å²) in [6.45, 7) is 30.6. The van der Waals surface area contributed by atoms with E-state index in [4.69, 9.17) is 9.97 Å². The highest BCUT2D eigenvalue weighted by Gasteiger charge is 2.21. The molecule has 0 amide bonds. The average Bonchev–Trinajstić information content (AvgIpc) is 4.16. The Morgan fingerprint density at radius 3 is 1.59 bits per heavy atom. The summed E-state index contributed by atoms with van der Waals surface area (Å²) in [5, 5.41) is 3.62. The third kappa shape index (κ3) is 14.6. The molecule has 0 bridgehead atoms. The van der Waals surface area contributed by atoms with Crippen LogP contribution in [0.5, 0.6) is 0 Å². The number of benzene rings is 9. The Bertz CT molecular complexity index is 4280. The molecule has 88 heavy (non-hydrogen) atoms. The molecule has 0 aliphatic carbocycles. The Kier molecular flexibility index (Phi) is 21.5. The van der Waals surface area contributed by atoms with Gasteiger partial charge in [-0.1, -0.05) is 192 Å². The second-order valence-electron chi connectivity index (χ2n) is 21.1. The van der Waals surface area contributed by atoms with Gasteiger partial charge in [-0.3, -0.25) is 0 Å². The van der Waals surface area contributed by atoms with Crippen LogP contribution in [-0.4, -0.2) is 21.1 Å². The molecule has 0 radical (unpaired) electrons. The van der Waals surface area contributed by atoms with Crippen molar-refractivity contribution in [1.29, 1.82) is 0 Å². The van der Waals surface area contributed by atoms with Crippen molar-refractivity contribution in [2.24, 2.45) is 0 Å². The lowest BCUT2D eigenvalue weighted by Gasteiger charge is -2.30. The maximum absolute atomic E-state index is 5.35. The molecule has 0 N–H and O–H groups in total. The number of aromatic nitrogens is 3. The van der Waals surface area contributed by atoms with E-state index in [-0.39, 0.29) is 0 Å². The first-order chi connectivity index (χ1) is 43.2. The van der Waals surface area contributed by atoms with Crippen LogP contribution in [0.1, 0.15) is 58.1 Å². The summed E-state index contributed by atoms with van der Waals surface area (Å²) >= 11 is 0. The lowest BCUT2D eigenvalue weighted by atomic mass is 10.0. The fourth-order valence-electron chi connectivity index (χ4n) is 10.8. The minimum Gasteiger partial charge on any atom is -0.337 e. The lowest BCUT2D eigenvalue weighted by molar-refractivity contribution is 1.07. The Morgan fingerprint density at radius 2 is 1.02 bits per heavy atom. The molecule has 0 aliphatic rings.